The van der Waals surface area contributed by atoms with Crippen molar-refractivity contribution in [3.63, 3.8) is 0 Å². The Hall–Kier alpha value is -1.61. The van der Waals surface area contributed by atoms with Crippen molar-refractivity contribution in [1.29, 1.82) is 0 Å². The van der Waals surface area contributed by atoms with Crippen LogP contribution in [0.3, 0.4) is 0 Å². The summed E-state index contributed by atoms with van der Waals surface area (Å²) in [5, 5.41) is 2.61. The van der Waals surface area contributed by atoms with Crippen LogP contribution in [-0.4, -0.2) is 33.6 Å². The lowest BCUT2D eigenvalue weighted by molar-refractivity contribution is -0.183. The van der Waals surface area contributed by atoms with Crippen LogP contribution in [0.1, 0.15) is 36.0 Å². The number of hydrogen-bond donors (Lipinski definition) is 2. The summed E-state index contributed by atoms with van der Waals surface area (Å²) in [4.78, 5) is 12.2. The van der Waals surface area contributed by atoms with Crippen LogP contribution in [0.4, 0.5) is 13.2 Å². The highest BCUT2D eigenvalue weighted by molar-refractivity contribution is 7.89. The Morgan fingerprint density at radius 3 is 2.33 bits per heavy atom. The first-order chi connectivity index (χ1) is 11.1. The summed E-state index contributed by atoms with van der Waals surface area (Å²) >= 11 is 0. The second kappa shape index (κ2) is 7.10. The molecule has 0 saturated heterocycles. The van der Waals surface area contributed by atoms with Crippen molar-refractivity contribution in [3.8, 4) is 0 Å². The fourth-order valence-electron chi connectivity index (χ4n) is 2.79. The van der Waals surface area contributed by atoms with Gasteiger partial charge in [0.05, 0.1) is 10.8 Å². The van der Waals surface area contributed by atoms with Crippen LogP contribution < -0.4 is 10.0 Å². The minimum atomic E-state index is -4.24. The molecule has 0 heterocycles. The molecule has 1 aromatic rings. The molecule has 0 radical (unpaired) electrons. The highest BCUT2D eigenvalue weighted by Gasteiger charge is 2.42. The van der Waals surface area contributed by atoms with E-state index in [4.69, 9.17) is 0 Å². The van der Waals surface area contributed by atoms with Gasteiger partial charge >= 0.3 is 6.18 Å². The Labute approximate surface area is 138 Å². The molecule has 2 N–H and O–H groups in total. The van der Waals surface area contributed by atoms with Gasteiger partial charge in [-0.05, 0) is 50.6 Å². The van der Waals surface area contributed by atoms with Gasteiger partial charge in [-0.3, -0.25) is 4.79 Å². The van der Waals surface area contributed by atoms with E-state index >= 15 is 0 Å². The van der Waals surface area contributed by atoms with Crippen LogP contribution in [0.5, 0.6) is 0 Å². The zero-order valence-electron chi connectivity index (χ0n) is 13.1. The smallest absolute Gasteiger partial charge is 0.349 e. The number of sulfonamides is 1. The topological polar surface area (TPSA) is 75.3 Å². The third kappa shape index (κ3) is 4.47. The normalized spacial score (nSPS) is 22.2. The standard InChI is InChI=1S/C15H19F3N2O3S/c1-19-24(22,23)13-7-5-10(6-8-13)14(21)20-12-4-2-3-11(9-12)15(16,17)18/h5-8,11-12,19H,2-4,9H2,1H3,(H,20,21). The maximum atomic E-state index is 12.8. The molecule has 1 aliphatic carbocycles. The predicted octanol–water partition coefficient (Wildman–Crippen LogP) is 2.45. The number of halogens is 3. The number of alkyl halides is 3. The fourth-order valence-corrected chi connectivity index (χ4v) is 3.52. The maximum Gasteiger partial charge on any atom is 0.391 e. The number of rotatable bonds is 4. The van der Waals surface area contributed by atoms with E-state index in [-0.39, 0.29) is 23.3 Å². The van der Waals surface area contributed by atoms with Crippen molar-refractivity contribution in [2.75, 3.05) is 7.05 Å². The van der Waals surface area contributed by atoms with E-state index < -0.39 is 34.1 Å². The Morgan fingerprint density at radius 1 is 1.17 bits per heavy atom. The van der Waals surface area contributed by atoms with Crippen molar-refractivity contribution in [1.82, 2.24) is 10.0 Å². The summed E-state index contributed by atoms with van der Waals surface area (Å²) in [5.41, 5.74) is 0.208. The lowest BCUT2D eigenvalue weighted by Gasteiger charge is -2.31. The van der Waals surface area contributed by atoms with Crippen LogP contribution in [0, 0.1) is 5.92 Å². The molecule has 5 nitrogen and oxygen atoms in total. The molecule has 0 spiro atoms. The quantitative estimate of drug-likeness (QED) is 0.862. The largest absolute Gasteiger partial charge is 0.391 e. The first kappa shape index (κ1) is 18.7. The SMILES string of the molecule is CNS(=O)(=O)c1ccc(C(=O)NC2CCCC(C(F)(F)F)C2)cc1. The Bertz CT molecular complexity index is 687. The van der Waals surface area contributed by atoms with E-state index in [0.29, 0.717) is 12.8 Å². The number of amides is 1. The monoisotopic (exact) mass is 364 g/mol. The van der Waals surface area contributed by atoms with Gasteiger partial charge in [-0.2, -0.15) is 13.2 Å². The highest BCUT2D eigenvalue weighted by atomic mass is 32.2. The third-order valence-electron chi connectivity index (χ3n) is 4.17. The molecule has 1 amide bonds. The van der Waals surface area contributed by atoms with E-state index in [1.807, 2.05) is 0 Å². The summed E-state index contributed by atoms with van der Waals surface area (Å²) in [6, 6.07) is 4.70. The lowest BCUT2D eigenvalue weighted by atomic mass is 9.85. The average Bonchev–Trinajstić information content (AvgIpc) is 2.54. The van der Waals surface area contributed by atoms with Gasteiger partial charge in [-0.15, -0.1) is 0 Å². The highest BCUT2D eigenvalue weighted by Crippen LogP contribution is 2.37. The van der Waals surface area contributed by atoms with E-state index in [9.17, 15) is 26.4 Å². The number of carbonyl (C=O) groups is 1. The Kier molecular flexibility index (Phi) is 5.54. The molecule has 1 aliphatic rings. The van der Waals surface area contributed by atoms with Gasteiger partial charge in [0.1, 0.15) is 0 Å². The van der Waals surface area contributed by atoms with Gasteiger partial charge in [0, 0.05) is 11.6 Å². The maximum absolute atomic E-state index is 12.8. The van der Waals surface area contributed by atoms with E-state index in [1.165, 1.54) is 31.3 Å². The van der Waals surface area contributed by atoms with Gasteiger partial charge in [0.25, 0.3) is 5.91 Å². The number of hydrogen-bond acceptors (Lipinski definition) is 3. The lowest BCUT2D eigenvalue weighted by Crippen LogP contribution is -2.41. The second-order valence-corrected chi connectivity index (χ2v) is 7.69. The average molecular weight is 364 g/mol. The van der Waals surface area contributed by atoms with Crippen molar-refractivity contribution in [2.45, 2.75) is 42.8 Å². The molecular formula is C15H19F3N2O3S. The number of carbonyl (C=O) groups excluding carboxylic acids is 1. The first-order valence-electron chi connectivity index (χ1n) is 7.54. The second-order valence-electron chi connectivity index (χ2n) is 5.81. The minimum Gasteiger partial charge on any atom is -0.349 e. The molecule has 24 heavy (non-hydrogen) atoms. The fraction of sp³-hybridized carbons (Fsp3) is 0.533. The zero-order chi connectivity index (χ0) is 18.0. The molecule has 1 fully saturated rings. The Morgan fingerprint density at radius 2 is 1.79 bits per heavy atom. The van der Waals surface area contributed by atoms with Crippen LogP contribution in [-0.2, 0) is 10.0 Å². The van der Waals surface area contributed by atoms with Crippen LogP contribution in [0.25, 0.3) is 0 Å². The van der Waals surface area contributed by atoms with Crippen LogP contribution >= 0.6 is 0 Å². The summed E-state index contributed by atoms with van der Waals surface area (Å²) in [6.45, 7) is 0. The van der Waals surface area contributed by atoms with Gasteiger partial charge in [-0.1, -0.05) is 6.42 Å². The van der Waals surface area contributed by atoms with Crippen molar-refractivity contribution >= 4 is 15.9 Å². The molecule has 0 aromatic heterocycles. The molecule has 9 heteroatoms. The summed E-state index contributed by atoms with van der Waals surface area (Å²) in [7, 11) is -2.32. The molecule has 134 valence electrons. The molecule has 1 aromatic carbocycles. The van der Waals surface area contributed by atoms with E-state index in [0.717, 1.165) is 0 Å². The molecule has 0 aliphatic heterocycles. The molecule has 2 rings (SSSR count). The summed E-state index contributed by atoms with van der Waals surface area (Å²) < 4.78 is 63.7. The van der Waals surface area contributed by atoms with Crippen LogP contribution in [0.2, 0.25) is 0 Å². The first-order valence-corrected chi connectivity index (χ1v) is 9.03. The van der Waals surface area contributed by atoms with Crippen molar-refractivity contribution < 1.29 is 26.4 Å². The van der Waals surface area contributed by atoms with Gasteiger partial charge < -0.3 is 5.32 Å². The molecule has 1 saturated carbocycles. The Balaban J connectivity index is 2.02. The number of benzene rings is 1. The van der Waals surface area contributed by atoms with E-state index in [1.54, 1.807) is 0 Å². The molecule has 0 bridgehead atoms. The van der Waals surface area contributed by atoms with Gasteiger partial charge in [0.2, 0.25) is 10.0 Å². The molecule has 2 atom stereocenters. The molecular weight excluding hydrogens is 345 g/mol. The zero-order valence-corrected chi connectivity index (χ0v) is 13.9. The number of nitrogens with one attached hydrogen (secondary N) is 2. The summed E-state index contributed by atoms with van der Waals surface area (Å²) in [5.74, 6) is -1.89. The predicted molar refractivity (Wildman–Crippen MR) is 82.0 cm³/mol. The third-order valence-corrected chi connectivity index (χ3v) is 5.60. The van der Waals surface area contributed by atoms with Gasteiger partial charge in [0.15, 0.2) is 0 Å². The minimum absolute atomic E-state index is 0.0105. The van der Waals surface area contributed by atoms with Crippen molar-refractivity contribution in [2.24, 2.45) is 5.92 Å². The summed E-state index contributed by atoms with van der Waals surface area (Å²) in [6.07, 6.45) is -3.36. The van der Waals surface area contributed by atoms with Gasteiger partial charge in [-0.25, -0.2) is 13.1 Å². The molecule has 2 unspecified atom stereocenters. The van der Waals surface area contributed by atoms with E-state index in [2.05, 4.69) is 10.0 Å². The van der Waals surface area contributed by atoms with Crippen LogP contribution in [0.15, 0.2) is 29.2 Å². The van der Waals surface area contributed by atoms with Crippen molar-refractivity contribution in [3.05, 3.63) is 29.8 Å².